The van der Waals surface area contributed by atoms with Gasteiger partial charge in [-0.3, -0.25) is 9.59 Å². The molecule has 0 bridgehead atoms. The van der Waals surface area contributed by atoms with Crippen LogP contribution < -0.4 is 15.7 Å². The van der Waals surface area contributed by atoms with Crippen LogP contribution in [0.1, 0.15) is 36.5 Å². The number of nitrogens with one attached hydrogen (secondary N) is 2. The van der Waals surface area contributed by atoms with E-state index in [4.69, 9.17) is 4.74 Å². The molecular formula is C22H22BrN3O3. The fourth-order valence-electron chi connectivity index (χ4n) is 2.86. The normalized spacial score (nSPS) is 11.3. The Hall–Kier alpha value is -2.93. The molecule has 3 rings (SSSR count). The van der Waals surface area contributed by atoms with E-state index in [0.717, 1.165) is 26.5 Å². The lowest BCUT2D eigenvalue weighted by atomic mass is 10.0. The van der Waals surface area contributed by atoms with Crippen LogP contribution in [0.25, 0.3) is 10.9 Å². The van der Waals surface area contributed by atoms with Crippen molar-refractivity contribution in [3.8, 4) is 5.75 Å². The lowest BCUT2D eigenvalue weighted by Gasteiger charge is -2.15. The summed E-state index contributed by atoms with van der Waals surface area (Å²) in [5.74, 6) is 0.516. The molecule has 1 heterocycles. The second-order valence-electron chi connectivity index (χ2n) is 7.02. The molecule has 2 N–H and O–H groups in total. The van der Waals surface area contributed by atoms with Crippen LogP contribution in [-0.4, -0.2) is 23.7 Å². The van der Waals surface area contributed by atoms with Crippen LogP contribution in [0, 0.1) is 6.92 Å². The third kappa shape index (κ3) is 5.12. The van der Waals surface area contributed by atoms with Crippen molar-refractivity contribution in [1.29, 1.82) is 0 Å². The van der Waals surface area contributed by atoms with Crippen molar-refractivity contribution < 1.29 is 9.53 Å². The van der Waals surface area contributed by atoms with Crippen LogP contribution in [0.2, 0.25) is 0 Å². The van der Waals surface area contributed by atoms with Crippen LogP contribution >= 0.6 is 15.9 Å². The Kier molecular flexibility index (Phi) is 6.49. The Morgan fingerprint density at radius 2 is 2.03 bits per heavy atom. The standard InChI is InChI=1S/C22H22BrN3O3/c1-13(2)17-10-18(23)14(3)8-20(17)29-12-21(27)26-24-11-16-9-15-6-4-5-7-19(15)25-22(16)28/h4-11,13H,12H2,1-3H3,(H,25,28)(H,26,27). The van der Waals surface area contributed by atoms with Crippen LogP contribution in [0.15, 0.2) is 56.8 Å². The highest BCUT2D eigenvalue weighted by molar-refractivity contribution is 9.10. The summed E-state index contributed by atoms with van der Waals surface area (Å²) in [6.07, 6.45) is 1.33. The van der Waals surface area contributed by atoms with Gasteiger partial charge in [0.15, 0.2) is 6.61 Å². The molecule has 3 aromatic rings. The van der Waals surface area contributed by atoms with Crippen molar-refractivity contribution in [3.05, 3.63) is 74.0 Å². The largest absolute Gasteiger partial charge is 0.483 e. The number of aromatic amines is 1. The first-order valence-corrected chi connectivity index (χ1v) is 10.0. The van der Waals surface area contributed by atoms with Gasteiger partial charge in [-0.15, -0.1) is 0 Å². The van der Waals surface area contributed by atoms with Gasteiger partial charge in [-0.1, -0.05) is 48.0 Å². The van der Waals surface area contributed by atoms with E-state index in [-0.39, 0.29) is 18.1 Å². The number of carbonyl (C=O) groups excluding carboxylic acids is 1. The van der Waals surface area contributed by atoms with E-state index in [2.05, 4.69) is 45.3 Å². The summed E-state index contributed by atoms with van der Waals surface area (Å²) in [4.78, 5) is 27.0. The van der Waals surface area contributed by atoms with E-state index >= 15 is 0 Å². The number of H-pyrrole nitrogens is 1. The predicted molar refractivity (Wildman–Crippen MR) is 119 cm³/mol. The van der Waals surface area contributed by atoms with E-state index in [9.17, 15) is 9.59 Å². The molecule has 0 unspecified atom stereocenters. The van der Waals surface area contributed by atoms with Gasteiger partial charge in [-0.25, -0.2) is 5.43 Å². The minimum absolute atomic E-state index is 0.174. The van der Waals surface area contributed by atoms with Gasteiger partial charge in [-0.05, 0) is 53.6 Å². The predicted octanol–water partition coefficient (Wildman–Crippen LogP) is 4.25. The van der Waals surface area contributed by atoms with Gasteiger partial charge < -0.3 is 9.72 Å². The number of fused-ring (bicyclic) bond motifs is 1. The summed E-state index contributed by atoms with van der Waals surface area (Å²) >= 11 is 3.52. The molecule has 7 heteroatoms. The number of carbonyl (C=O) groups is 1. The number of hydrazone groups is 1. The Balaban J connectivity index is 1.64. The number of aromatic nitrogens is 1. The van der Waals surface area contributed by atoms with Gasteiger partial charge in [0.1, 0.15) is 5.75 Å². The van der Waals surface area contributed by atoms with Crippen molar-refractivity contribution in [2.75, 3.05) is 6.61 Å². The molecule has 2 aromatic carbocycles. The lowest BCUT2D eigenvalue weighted by molar-refractivity contribution is -0.123. The topological polar surface area (TPSA) is 83.5 Å². The molecule has 0 saturated heterocycles. The van der Waals surface area contributed by atoms with Gasteiger partial charge in [0.25, 0.3) is 11.5 Å². The third-order valence-corrected chi connectivity index (χ3v) is 5.30. The Morgan fingerprint density at radius 1 is 1.28 bits per heavy atom. The van der Waals surface area contributed by atoms with Gasteiger partial charge >= 0.3 is 0 Å². The first-order chi connectivity index (χ1) is 13.8. The fraction of sp³-hybridized carbons (Fsp3) is 0.227. The second kappa shape index (κ2) is 9.05. The quantitative estimate of drug-likeness (QED) is 0.430. The Bertz CT molecular complexity index is 1140. The average molecular weight is 456 g/mol. The minimum Gasteiger partial charge on any atom is -0.483 e. The van der Waals surface area contributed by atoms with Gasteiger partial charge in [0.05, 0.1) is 11.8 Å². The number of ether oxygens (including phenoxy) is 1. The fourth-order valence-corrected chi connectivity index (χ4v) is 3.22. The summed E-state index contributed by atoms with van der Waals surface area (Å²) in [6.45, 7) is 5.92. The van der Waals surface area contributed by atoms with E-state index in [1.807, 2.05) is 43.3 Å². The van der Waals surface area contributed by atoms with Crippen molar-refractivity contribution >= 4 is 39.0 Å². The smallest absolute Gasteiger partial charge is 0.277 e. The Morgan fingerprint density at radius 3 is 2.79 bits per heavy atom. The van der Waals surface area contributed by atoms with Crippen molar-refractivity contribution in [2.24, 2.45) is 5.10 Å². The maximum atomic E-state index is 12.1. The van der Waals surface area contributed by atoms with Gasteiger partial charge in [0.2, 0.25) is 0 Å². The van der Waals surface area contributed by atoms with Crippen molar-refractivity contribution in [2.45, 2.75) is 26.7 Å². The third-order valence-electron chi connectivity index (χ3n) is 4.45. The molecule has 1 amide bonds. The maximum absolute atomic E-state index is 12.1. The first kappa shape index (κ1) is 20.8. The molecule has 0 aliphatic carbocycles. The van der Waals surface area contributed by atoms with Crippen LogP contribution in [0.5, 0.6) is 5.75 Å². The van der Waals surface area contributed by atoms with E-state index in [1.165, 1.54) is 6.21 Å². The number of para-hydroxylation sites is 1. The molecule has 0 saturated carbocycles. The van der Waals surface area contributed by atoms with Crippen molar-refractivity contribution in [3.63, 3.8) is 0 Å². The summed E-state index contributed by atoms with van der Waals surface area (Å²) in [7, 11) is 0. The highest BCUT2D eigenvalue weighted by atomic mass is 79.9. The molecule has 0 fully saturated rings. The number of hydrogen-bond donors (Lipinski definition) is 2. The molecule has 0 radical (unpaired) electrons. The summed E-state index contributed by atoms with van der Waals surface area (Å²) < 4.78 is 6.71. The molecule has 0 spiro atoms. The van der Waals surface area contributed by atoms with Crippen LogP contribution in [0.3, 0.4) is 0 Å². The number of aryl methyl sites for hydroxylation is 1. The number of nitrogens with zero attached hydrogens (tertiary/aromatic N) is 1. The summed E-state index contributed by atoms with van der Waals surface area (Å²) in [5, 5.41) is 4.76. The highest BCUT2D eigenvalue weighted by Crippen LogP contribution is 2.32. The number of benzene rings is 2. The average Bonchev–Trinajstić information content (AvgIpc) is 2.68. The highest BCUT2D eigenvalue weighted by Gasteiger charge is 2.12. The molecule has 0 aliphatic heterocycles. The zero-order valence-electron chi connectivity index (χ0n) is 16.5. The number of rotatable bonds is 6. The molecule has 150 valence electrons. The zero-order chi connectivity index (χ0) is 21.0. The van der Waals surface area contributed by atoms with Gasteiger partial charge in [-0.2, -0.15) is 5.10 Å². The molecular weight excluding hydrogens is 434 g/mol. The number of hydrogen-bond acceptors (Lipinski definition) is 4. The molecule has 1 aromatic heterocycles. The molecule has 6 nitrogen and oxygen atoms in total. The van der Waals surface area contributed by atoms with Crippen LogP contribution in [0.4, 0.5) is 0 Å². The zero-order valence-corrected chi connectivity index (χ0v) is 18.0. The van der Waals surface area contributed by atoms with Crippen LogP contribution in [-0.2, 0) is 4.79 Å². The van der Waals surface area contributed by atoms with E-state index in [0.29, 0.717) is 11.3 Å². The number of pyridine rings is 1. The van der Waals surface area contributed by atoms with Crippen molar-refractivity contribution in [1.82, 2.24) is 10.4 Å². The second-order valence-corrected chi connectivity index (χ2v) is 7.87. The Labute approximate surface area is 177 Å². The first-order valence-electron chi connectivity index (χ1n) is 9.22. The maximum Gasteiger partial charge on any atom is 0.277 e. The monoisotopic (exact) mass is 455 g/mol. The molecule has 0 atom stereocenters. The SMILES string of the molecule is Cc1cc(OCC(=O)NN=Cc2cc3ccccc3[nH]c2=O)c(C(C)C)cc1Br. The lowest BCUT2D eigenvalue weighted by Crippen LogP contribution is -2.25. The molecule has 29 heavy (non-hydrogen) atoms. The number of halogens is 1. The summed E-state index contributed by atoms with van der Waals surface area (Å²) in [6, 6.07) is 13.1. The van der Waals surface area contributed by atoms with E-state index < -0.39 is 5.91 Å². The van der Waals surface area contributed by atoms with E-state index in [1.54, 1.807) is 6.07 Å². The van der Waals surface area contributed by atoms with Gasteiger partial charge in [0, 0.05) is 9.99 Å². The minimum atomic E-state index is -0.409. The molecule has 0 aliphatic rings. The summed E-state index contributed by atoms with van der Waals surface area (Å²) in [5.41, 5.74) is 5.27. The number of amides is 1.